The molecule has 5 nitrogen and oxygen atoms in total. The lowest BCUT2D eigenvalue weighted by molar-refractivity contribution is -0.151. The fourth-order valence-corrected chi connectivity index (χ4v) is 4.58. The molecule has 1 aromatic carbocycles. The number of hydrogen-bond acceptors (Lipinski definition) is 3. The van der Waals surface area contributed by atoms with E-state index in [0.29, 0.717) is 18.8 Å². The van der Waals surface area contributed by atoms with Gasteiger partial charge in [0.25, 0.3) is 0 Å². The zero-order valence-corrected chi connectivity index (χ0v) is 15.1. The first-order chi connectivity index (χ1) is 11.9. The molecule has 1 amide bonds. The summed E-state index contributed by atoms with van der Waals surface area (Å²) in [6.07, 6.45) is 6.33. The van der Waals surface area contributed by atoms with Crippen molar-refractivity contribution in [2.45, 2.75) is 44.6 Å². The maximum atomic E-state index is 12.5. The van der Waals surface area contributed by atoms with Crippen molar-refractivity contribution < 1.29 is 9.90 Å². The molecule has 25 heavy (non-hydrogen) atoms. The van der Waals surface area contributed by atoms with Gasteiger partial charge in [-0.15, -0.1) is 0 Å². The molecule has 134 valence electrons. The van der Waals surface area contributed by atoms with E-state index < -0.39 is 5.60 Å². The van der Waals surface area contributed by atoms with Gasteiger partial charge in [-0.05, 0) is 50.5 Å². The highest BCUT2D eigenvalue weighted by Gasteiger charge is 2.44. The third-order valence-corrected chi connectivity index (χ3v) is 6.00. The number of aromatic nitrogens is 2. The predicted molar refractivity (Wildman–Crippen MR) is 97.1 cm³/mol. The molecule has 0 atom stereocenters. The zero-order valence-electron chi connectivity index (χ0n) is 15.1. The van der Waals surface area contributed by atoms with Crippen LogP contribution in [0, 0.1) is 11.8 Å². The van der Waals surface area contributed by atoms with Gasteiger partial charge < -0.3 is 10.0 Å². The summed E-state index contributed by atoms with van der Waals surface area (Å²) in [5, 5.41) is 15.4. The number of nitrogens with zero attached hydrogens (tertiary/aromatic N) is 3. The number of likely N-dealkylation sites (tertiary alicyclic amines) is 1. The number of carbonyl (C=O) groups is 1. The molecule has 2 fully saturated rings. The van der Waals surface area contributed by atoms with E-state index in [1.807, 2.05) is 29.7 Å². The number of rotatable bonds is 3. The topological polar surface area (TPSA) is 58.4 Å². The molecule has 1 aliphatic heterocycles. The Morgan fingerprint density at radius 1 is 1.32 bits per heavy atom. The predicted octanol–water partition coefficient (Wildman–Crippen LogP) is 2.52. The van der Waals surface area contributed by atoms with Crippen LogP contribution in [0.2, 0.25) is 0 Å². The molecule has 0 spiro atoms. The van der Waals surface area contributed by atoms with Crippen molar-refractivity contribution in [3.8, 4) is 0 Å². The van der Waals surface area contributed by atoms with E-state index in [4.69, 9.17) is 0 Å². The number of aryl methyl sites for hydroxylation is 1. The Labute approximate surface area is 148 Å². The number of piperidine rings is 1. The summed E-state index contributed by atoms with van der Waals surface area (Å²) in [6, 6.07) is 6.43. The highest BCUT2D eigenvalue weighted by molar-refractivity contribution is 5.82. The molecule has 4 rings (SSSR count). The molecule has 0 radical (unpaired) electrons. The van der Waals surface area contributed by atoms with E-state index in [1.54, 1.807) is 0 Å². The van der Waals surface area contributed by atoms with E-state index in [1.165, 1.54) is 16.5 Å². The second-order valence-corrected chi connectivity index (χ2v) is 8.20. The minimum Gasteiger partial charge on any atom is -0.390 e. The van der Waals surface area contributed by atoms with Crippen LogP contribution in [-0.4, -0.2) is 44.4 Å². The smallest absolute Gasteiger partial charge is 0.225 e. The van der Waals surface area contributed by atoms with Crippen LogP contribution in [-0.2, 0) is 18.3 Å². The van der Waals surface area contributed by atoms with Gasteiger partial charge in [-0.25, -0.2) is 0 Å². The Kier molecular flexibility index (Phi) is 4.07. The number of benzene rings is 1. The van der Waals surface area contributed by atoms with Crippen molar-refractivity contribution in [2.75, 3.05) is 13.1 Å². The lowest BCUT2D eigenvalue weighted by atomic mass is 9.71. The maximum Gasteiger partial charge on any atom is 0.225 e. The van der Waals surface area contributed by atoms with Crippen molar-refractivity contribution in [1.29, 1.82) is 0 Å². The van der Waals surface area contributed by atoms with Gasteiger partial charge in [-0.3, -0.25) is 9.48 Å². The second-order valence-electron chi connectivity index (χ2n) is 8.20. The zero-order chi connectivity index (χ0) is 17.6. The Morgan fingerprint density at radius 2 is 2.04 bits per heavy atom. The minimum atomic E-state index is -0.625. The summed E-state index contributed by atoms with van der Waals surface area (Å²) < 4.78 is 1.96. The third-order valence-electron chi connectivity index (χ3n) is 6.00. The Morgan fingerprint density at radius 3 is 2.72 bits per heavy atom. The van der Waals surface area contributed by atoms with Crippen molar-refractivity contribution in [3.63, 3.8) is 0 Å². The fourth-order valence-electron chi connectivity index (χ4n) is 4.58. The van der Waals surface area contributed by atoms with Crippen LogP contribution in [0.3, 0.4) is 0 Å². The van der Waals surface area contributed by atoms with Crippen molar-refractivity contribution >= 4 is 16.8 Å². The molecule has 1 N–H and O–H groups in total. The van der Waals surface area contributed by atoms with Gasteiger partial charge in [0.2, 0.25) is 5.91 Å². The molecule has 1 aromatic heterocycles. The van der Waals surface area contributed by atoms with Gasteiger partial charge in [0.05, 0.1) is 17.3 Å². The van der Waals surface area contributed by atoms with Crippen molar-refractivity contribution in [2.24, 2.45) is 18.9 Å². The summed E-state index contributed by atoms with van der Waals surface area (Å²) in [6.45, 7) is 3.52. The molecule has 1 aliphatic carbocycles. The van der Waals surface area contributed by atoms with Crippen LogP contribution in [0.15, 0.2) is 24.4 Å². The summed E-state index contributed by atoms with van der Waals surface area (Å²) >= 11 is 0. The van der Waals surface area contributed by atoms with E-state index in [9.17, 15) is 9.90 Å². The second kappa shape index (κ2) is 6.13. The highest BCUT2D eigenvalue weighted by Crippen LogP contribution is 2.39. The maximum absolute atomic E-state index is 12.5. The van der Waals surface area contributed by atoms with Gasteiger partial charge in [0, 0.05) is 31.4 Å². The van der Waals surface area contributed by atoms with Crippen LogP contribution in [0.5, 0.6) is 0 Å². The number of amides is 1. The third kappa shape index (κ3) is 3.17. The molecule has 0 unspecified atom stereocenters. The number of carbonyl (C=O) groups excluding carboxylic acids is 1. The first kappa shape index (κ1) is 16.6. The molecule has 5 heteroatoms. The summed E-state index contributed by atoms with van der Waals surface area (Å²) in [4.78, 5) is 14.5. The Hall–Kier alpha value is -1.88. The lowest BCUT2D eigenvalue weighted by Crippen LogP contribution is -2.51. The quantitative estimate of drug-likeness (QED) is 0.933. The van der Waals surface area contributed by atoms with Gasteiger partial charge in [-0.1, -0.05) is 18.2 Å². The molecule has 0 bridgehead atoms. The van der Waals surface area contributed by atoms with Gasteiger partial charge >= 0.3 is 0 Å². The van der Waals surface area contributed by atoms with Gasteiger partial charge in [0.15, 0.2) is 0 Å². The first-order valence-electron chi connectivity index (χ1n) is 9.34. The molecule has 2 heterocycles. The van der Waals surface area contributed by atoms with Crippen molar-refractivity contribution in [1.82, 2.24) is 14.7 Å². The van der Waals surface area contributed by atoms with Crippen LogP contribution in [0.4, 0.5) is 0 Å². The number of hydrogen-bond donors (Lipinski definition) is 1. The van der Waals surface area contributed by atoms with Crippen LogP contribution < -0.4 is 0 Å². The molecule has 2 aromatic rings. The van der Waals surface area contributed by atoms with Crippen molar-refractivity contribution in [3.05, 3.63) is 30.0 Å². The monoisotopic (exact) mass is 341 g/mol. The number of fused-ring (bicyclic) bond motifs is 1. The highest BCUT2D eigenvalue weighted by atomic mass is 16.3. The van der Waals surface area contributed by atoms with Crippen LogP contribution in [0.25, 0.3) is 10.9 Å². The van der Waals surface area contributed by atoms with Gasteiger partial charge in [0.1, 0.15) is 0 Å². The lowest BCUT2D eigenvalue weighted by Gasteiger charge is -2.43. The average Bonchev–Trinajstić information content (AvgIpc) is 2.95. The van der Waals surface area contributed by atoms with E-state index in [2.05, 4.69) is 23.3 Å². The van der Waals surface area contributed by atoms with E-state index >= 15 is 0 Å². The summed E-state index contributed by atoms with van der Waals surface area (Å²) in [7, 11) is 2.00. The molecular formula is C20H27N3O2. The molecular weight excluding hydrogens is 314 g/mol. The van der Waals surface area contributed by atoms with E-state index in [0.717, 1.165) is 32.4 Å². The average molecular weight is 341 g/mol. The summed E-state index contributed by atoms with van der Waals surface area (Å²) in [5.41, 5.74) is 1.97. The largest absolute Gasteiger partial charge is 0.390 e. The Bertz CT molecular complexity index is 779. The number of aliphatic hydroxyl groups is 1. The minimum absolute atomic E-state index is 0.0368. The first-order valence-corrected chi connectivity index (χ1v) is 9.34. The molecule has 1 saturated heterocycles. The van der Waals surface area contributed by atoms with Gasteiger partial charge in [-0.2, -0.15) is 5.10 Å². The van der Waals surface area contributed by atoms with Crippen LogP contribution in [0.1, 0.15) is 38.2 Å². The Balaban J connectivity index is 1.36. The van der Waals surface area contributed by atoms with E-state index in [-0.39, 0.29) is 11.8 Å². The SMILES string of the molecule is Cn1ncc2cccc(CC3CCN(C(=O)[C@H]4C[C@@](C)(O)C4)CC3)c21. The normalized spacial score (nSPS) is 27.5. The molecule has 2 aliphatic rings. The standard InChI is InChI=1S/C20H27N3O2/c1-20(25)11-17(12-20)19(24)23-8-6-14(7-9-23)10-15-4-3-5-16-13-21-22(2)18(15)16/h3-5,13-14,17,25H,6-12H2,1-2H3/t17-,20+. The molecule has 1 saturated carbocycles. The fraction of sp³-hybridized carbons (Fsp3) is 0.600. The van der Waals surface area contributed by atoms with Crippen LogP contribution >= 0.6 is 0 Å². The number of para-hydroxylation sites is 1. The summed E-state index contributed by atoms with van der Waals surface area (Å²) in [5.74, 6) is 0.905.